The molecule has 0 spiro atoms. The van der Waals surface area contributed by atoms with E-state index in [0.717, 1.165) is 38.0 Å². The molecular formula is C14H23NO2. The van der Waals surface area contributed by atoms with E-state index in [0.29, 0.717) is 18.1 Å². The molecule has 2 saturated carbocycles. The van der Waals surface area contributed by atoms with Gasteiger partial charge in [-0.05, 0) is 37.0 Å². The Morgan fingerprint density at radius 1 is 1.24 bits per heavy atom. The molecule has 0 aromatic heterocycles. The lowest BCUT2D eigenvalue weighted by Crippen LogP contribution is -2.39. The number of carbonyl (C=O) groups is 1. The summed E-state index contributed by atoms with van der Waals surface area (Å²) in [5, 5.41) is 3.28. The van der Waals surface area contributed by atoms with E-state index >= 15 is 0 Å². The zero-order valence-electron chi connectivity index (χ0n) is 10.5. The van der Waals surface area contributed by atoms with Gasteiger partial charge in [0.2, 0.25) is 0 Å². The number of hydrogen-bond acceptors (Lipinski definition) is 3. The van der Waals surface area contributed by atoms with Crippen LogP contribution in [0.4, 0.5) is 0 Å². The summed E-state index contributed by atoms with van der Waals surface area (Å²) in [6, 6.07) is 0. The Hall–Kier alpha value is -0.410. The average Bonchev–Trinajstić information content (AvgIpc) is 2.92. The predicted octanol–water partition coefficient (Wildman–Crippen LogP) is 1.76. The molecule has 3 rings (SSSR count). The van der Waals surface area contributed by atoms with Crippen LogP contribution in [0.15, 0.2) is 0 Å². The van der Waals surface area contributed by atoms with Crippen LogP contribution in [0.5, 0.6) is 0 Å². The largest absolute Gasteiger partial charge is 0.375 e. The average molecular weight is 237 g/mol. The first-order chi connectivity index (χ1) is 8.31. The summed E-state index contributed by atoms with van der Waals surface area (Å²) in [6.45, 7) is 2.53. The molecule has 0 radical (unpaired) electrons. The molecule has 2 bridgehead atoms. The number of nitrogens with one attached hydrogen (secondary N) is 1. The van der Waals surface area contributed by atoms with Crippen LogP contribution < -0.4 is 5.32 Å². The molecule has 0 aromatic carbocycles. The molecule has 1 aliphatic heterocycles. The smallest absolute Gasteiger partial charge is 0.135 e. The third kappa shape index (κ3) is 2.71. The summed E-state index contributed by atoms with van der Waals surface area (Å²) < 4.78 is 5.59. The minimum atomic E-state index is 0.134. The number of ketones is 1. The van der Waals surface area contributed by atoms with E-state index in [1.54, 1.807) is 0 Å². The van der Waals surface area contributed by atoms with Crippen molar-refractivity contribution >= 4 is 5.78 Å². The van der Waals surface area contributed by atoms with Crippen molar-refractivity contribution < 1.29 is 9.53 Å². The molecule has 3 heteroatoms. The van der Waals surface area contributed by atoms with Crippen LogP contribution in [0.2, 0.25) is 0 Å². The van der Waals surface area contributed by atoms with Gasteiger partial charge >= 0.3 is 0 Å². The molecule has 2 aliphatic carbocycles. The van der Waals surface area contributed by atoms with Crippen molar-refractivity contribution in [2.75, 3.05) is 19.7 Å². The van der Waals surface area contributed by atoms with Crippen molar-refractivity contribution in [2.45, 2.75) is 44.6 Å². The number of ether oxygens (including phenoxy) is 1. The van der Waals surface area contributed by atoms with E-state index in [4.69, 9.17) is 4.74 Å². The standard InChI is InChI=1S/C14H23NO2/c16-13(8-14-9-15-3-4-17-14)7-12-6-10-1-2-11(12)5-10/h10-12,14-15H,1-9H2. The van der Waals surface area contributed by atoms with Crippen molar-refractivity contribution in [3.63, 3.8) is 0 Å². The molecule has 17 heavy (non-hydrogen) atoms. The molecular weight excluding hydrogens is 214 g/mol. The number of fused-ring (bicyclic) bond motifs is 2. The second-order valence-electron chi connectivity index (χ2n) is 6.08. The van der Waals surface area contributed by atoms with Crippen molar-refractivity contribution in [2.24, 2.45) is 17.8 Å². The van der Waals surface area contributed by atoms with Crippen LogP contribution >= 0.6 is 0 Å². The summed E-state index contributed by atoms with van der Waals surface area (Å²) >= 11 is 0. The number of morpholine rings is 1. The van der Waals surface area contributed by atoms with Gasteiger partial charge in [-0.3, -0.25) is 4.79 Å². The van der Waals surface area contributed by atoms with Gasteiger partial charge in [0.15, 0.2) is 0 Å². The van der Waals surface area contributed by atoms with Crippen LogP contribution in [0.3, 0.4) is 0 Å². The van der Waals surface area contributed by atoms with E-state index < -0.39 is 0 Å². The van der Waals surface area contributed by atoms with Crippen LogP contribution in [0, 0.1) is 17.8 Å². The third-order valence-electron chi connectivity index (χ3n) is 4.83. The fourth-order valence-electron chi connectivity index (χ4n) is 4.01. The first-order valence-electron chi connectivity index (χ1n) is 7.15. The molecule has 3 nitrogen and oxygen atoms in total. The fraction of sp³-hybridized carbons (Fsp3) is 0.929. The second kappa shape index (κ2) is 5.07. The minimum Gasteiger partial charge on any atom is -0.375 e. The first kappa shape index (κ1) is 11.7. The molecule has 1 saturated heterocycles. The van der Waals surface area contributed by atoms with Gasteiger partial charge in [-0.15, -0.1) is 0 Å². The summed E-state index contributed by atoms with van der Waals surface area (Å²) in [5.41, 5.74) is 0. The maximum atomic E-state index is 12.0. The summed E-state index contributed by atoms with van der Waals surface area (Å²) in [6.07, 6.45) is 7.10. The molecule has 96 valence electrons. The SMILES string of the molecule is O=C(CC1CNCCO1)CC1CC2CCC1C2. The summed E-state index contributed by atoms with van der Waals surface area (Å²) in [5.74, 6) is 2.95. The van der Waals surface area contributed by atoms with E-state index in [2.05, 4.69) is 5.32 Å². The highest BCUT2D eigenvalue weighted by molar-refractivity contribution is 5.79. The highest BCUT2D eigenvalue weighted by atomic mass is 16.5. The Labute approximate surface area is 103 Å². The Morgan fingerprint density at radius 3 is 2.82 bits per heavy atom. The minimum absolute atomic E-state index is 0.134. The van der Waals surface area contributed by atoms with Gasteiger partial charge in [0.1, 0.15) is 5.78 Å². The molecule has 3 aliphatic rings. The summed E-state index contributed by atoms with van der Waals surface area (Å²) in [4.78, 5) is 12.0. The van der Waals surface area contributed by atoms with Gasteiger partial charge in [0.05, 0.1) is 12.7 Å². The lowest BCUT2D eigenvalue weighted by Gasteiger charge is -2.25. The maximum Gasteiger partial charge on any atom is 0.135 e. The molecule has 0 aromatic rings. The Morgan fingerprint density at radius 2 is 2.18 bits per heavy atom. The van der Waals surface area contributed by atoms with Crippen LogP contribution in [0.1, 0.15) is 38.5 Å². The van der Waals surface area contributed by atoms with E-state index in [1.807, 2.05) is 0 Å². The van der Waals surface area contributed by atoms with Gasteiger partial charge in [-0.2, -0.15) is 0 Å². The summed E-state index contributed by atoms with van der Waals surface area (Å²) in [7, 11) is 0. The highest BCUT2D eigenvalue weighted by Gasteiger charge is 2.40. The predicted molar refractivity (Wildman–Crippen MR) is 65.8 cm³/mol. The van der Waals surface area contributed by atoms with Crippen LogP contribution in [-0.4, -0.2) is 31.6 Å². The molecule has 1 heterocycles. The molecule has 0 amide bonds. The monoisotopic (exact) mass is 237 g/mol. The molecule has 4 atom stereocenters. The van der Waals surface area contributed by atoms with E-state index in [-0.39, 0.29) is 6.10 Å². The number of carbonyl (C=O) groups excluding carboxylic acids is 1. The van der Waals surface area contributed by atoms with Crippen molar-refractivity contribution in [1.82, 2.24) is 5.32 Å². The molecule has 3 fully saturated rings. The van der Waals surface area contributed by atoms with Gasteiger partial charge in [0, 0.05) is 25.9 Å². The third-order valence-corrected chi connectivity index (χ3v) is 4.83. The lowest BCUT2D eigenvalue weighted by molar-refractivity contribution is -0.123. The Balaban J connectivity index is 1.44. The Kier molecular flexibility index (Phi) is 3.48. The van der Waals surface area contributed by atoms with Crippen molar-refractivity contribution in [3.8, 4) is 0 Å². The van der Waals surface area contributed by atoms with Gasteiger partial charge in [-0.25, -0.2) is 0 Å². The van der Waals surface area contributed by atoms with Gasteiger partial charge in [-0.1, -0.05) is 6.42 Å². The topological polar surface area (TPSA) is 38.3 Å². The number of rotatable bonds is 4. The van der Waals surface area contributed by atoms with E-state index in [9.17, 15) is 4.79 Å². The normalized spacial score (nSPS) is 40.7. The number of hydrogen-bond donors (Lipinski definition) is 1. The zero-order valence-corrected chi connectivity index (χ0v) is 10.5. The second-order valence-corrected chi connectivity index (χ2v) is 6.08. The lowest BCUT2D eigenvalue weighted by atomic mass is 9.84. The quantitative estimate of drug-likeness (QED) is 0.809. The maximum absolute atomic E-state index is 12.0. The van der Waals surface area contributed by atoms with Crippen LogP contribution in [0.25, 0.3) is 0 Å². The van der Waals surface area contributed by atoms with Crippen LogP contribution in [-0.2, 0) is 9.53 Å². The van der Waals surface area contributed by atoms with Gasteiger partial charge < -0.3 is 10.1 Å². The van der Waals surface area contributed by atoms with E-state index in [1.165, 1.54) is 25.7 Å². The van der Waals surface area contributed by atoms with Gasteiger partial charge in [0.25, 0.3) is 0 Å². The Bertz CT molecular complexity index is 286. The first-order valence-corrected chi connectivity index (χ1v) is 7.15. The molecule has 4 unspecified atom stereocenters. The fourth-order valence-corrected chi connectivity index (χ4v) is 4.01. The zero-order chi connectivity index (χ0) is 11.7. The van der Waals surface area contributed by atoms with Crippen molar-refractivity contribution in [1.29, 1.82) is 0 Å². The molecule has 1 N–H and O–H groups in total. The van der Waals surface area contributed by atoms with Crippen molar-refractivity contribution in [3.05, 3.63) is 0 Å². The number of Topliss-reactive ketones (excluding diaryl/α,β-unsaturated/α-hetero) is 1. The highest BCUT2D eigenvalue weighted by Crippen LogP contribution is 2.49.